The van der Waals surface area contributed by atoms with Crippen molar-refractivity contribution in [3.05, 3.63) is 53.1 Å². The van der Waals surface area contributed by atoms with Gasteiger partial charge in [-0.3, -0.25) is 9.69 Å². The lowest BCUT2D eigenvalue weighted by atomic mass is 10.2. The molecule has 3 aromatic rings. The number of rotatable bonds is 12. The lowest BCUT2D eigenvalue weighted by molar-refractivity contribution is 0.0986. The molecule has 1 amide bonds. The van der Waals surface area contributed by atoms with Crippen molar-refractivity contribution < 1.29 is 13.2 Å². The van der Waals surface area contributed by atoms with Gasteiger partial charge in [0.15, 0.2) is 5.13 Å². The second-order valence-electron chi connectivity index (χ2n) is 8.65. The third kappa shape index (κ3) is 7.40. The van der Waals surface area contributed by atoms with E-state index in [2.05, 4.69) is 9.88 Å². The minimum Gasteiger partial charge on any atom is -0.309 e. The van der Waals surface area contributed by atoms with Gasteiger partial charge in [0.1, 0.15) is 0 Å². The molecule has 36 heavy (non-hydrogen) atoms. The van der Waals surface area contributed by atoms with Crippen LogP contribution in [0.1, 0.15) is 43.5 Å². The SMILES string of the molecule is CCCN(CCC)S(=O)(=O)c1ccc(C(=O)N(CCCN(C)C)c2nc3ccc(Cl)cc3s2)cc1.Cl. The Balaban J connectivity index is 0.00000456. The van der Waals surface area contributed by atoms with E-state index >= 15 is 0 Å². The number of hydrogen-bond acceptors (Lipinski definition) is 6. The van der Waals surface area contributed by atoms with E-state index in [1.807, 2.05) is 40.1 Å². The summed E-state index contributed by atoms with van der Waals surface area (Å²) in [5.74, 6) is -0.211. The van der Waals surface area contributed by atoms with Crippen molar-refractivity contribution in [1.29, 1.82) is 0 Å². The van der Waals surface area contributed by atoms with E-state index in [-0.39, 0.29) is 23.2 Å². The Hall–Kier alpha value is -1.75. The van der Waals surface area contributed by atoms with Crippen molar-refractivity contribution in [1.82, 2.24) is 14.2 Å². The highest BCUT2D eigenvalue weighted by Gasteiger charge is 2.25. The molecule has 0 aliphatic carbocycles. The molecule has 0 aliphatic rings. The Bertz CT molecular complexity index is 1240. The minimum atomic E-state index is -3.61. The smallest absolute Gasteiger partial charge is 0.260 e. The van der Waals surface area contributed by atoms with Crippen molar-refractivity contribution >= 4 is 66.6 Å². The molecule has 11 heteroatoms. The molecule has 0 fully saturated rings. The van der Waals surface area contributed by atoms with Crippen LogP contribution in [-0.4, -0.2) is 68.8 Å². The third-order valence-electron chi connectivity index (χ3n) is 5.49. The summed E-state index contributed by atoms with van der Waals surface area (Å²) in [6, 6.07) is 11.7. The number of halogens is 2. The van der Waals surface area contributed by atoms with Crippen LogP contribution in [0.3, 0.4) is 0 Å². The molecular formula is C25H34Cl2N4O3S2. The van der Waals surface area contributed by atoms with Gasteiger partial charge in [-0.15, -0.1) is 12.4 Å². The van der Waals surface area contributed by atoms with Gasteiger partial charge in [-0.2, -0.15) is 4.31 Å². The van der Waals surface area contributed by atoms with Gasteiger partial charge in [0.2, 0.25) is 10.0 Å². The number of nitrogens with zero attached hydrogens (tertiary/aromatic N) is 4. The van der Waals surface area contributed by atoms with Crippen LogP contribution in [-0.2, 0) is 10.0 Å². The van der Waals surface area contributed by atoms with E-state index < -0.39 is 10.0 Å². The van der Waals surface area contributed by atoms with Crippen LogP contribution in [0.15, 0.2) is 47.4 Å². The van der Waals surface area contributed by atoms with Crippen LogP contribution in [0.2, 0.25) is 5.02 Å². The largest absolute Gasteiger partial charge is 0.309 e. The zero-order chi connectivity index (χ0) is 25.6. The molecule has 0 unspecified atom stereocenters. The normalized spacial score (nSPS) is 11.8. The zero-order valence-electron chi connectivity index (χ0n) is 21.1. The molecule has 7 nitrogen and oxygen atoms in total. The van der Waals surface area contributed by atoms with Crippen LogP contribution in [0.25, 0.3) is 10.2 Å². The first kappa shape index (κ1) is 30.5. The molecule has 0 spiro atoms. The number of hydrogen-bond donors (Lipinski definition) is 0. The lowest BCUT2D eigenvalue weighted by Gasteiger charge is -2.22. The standard InChI is InChI=1S/C25H33ClN4O3S2.ClH/c1-5-14-29(15-6-2)35(32,33)21-11-8-19(9-12-21)24(31)30(17-7-16-28(3)4)25-27-22-13-10-20(26)18-23(22)34-25;/h8-13,18H,5-7,14-17H2,1-4H3;1H. The van der Waals surface area contributed by atoms with Crippen molar-refractivity contribution in [2.45, 2.75) is 38.0 Å². The van der Waals surface area contributed by atoms with Gasteiger partial charge in [0.05, 0.1) is 15.1 Å². The maximum atomic E-state index is 13.6. The number of benzene rings is 2. The predicted molar refractivity (Wildman–Crippen MR) is 153 cm³/mol. The molecule has 1 aromatic heterocycles. The summed E-state index contributed by atoms with van der Waals surface area (Å²) in [7, 11) is 0.378. The number of amides is 1. The molecule has 0 radical (unpaired) electrons. The highest BCUT2D eigenvalue weighted by Crippen LogP contribution is 2.32. The minimum absolute atomic E-state index is 0. The molecule has 3 rings (SSSR count). The molecule has 1 heterocycles. The number of sulfonamides is 1. The molecule has 0 N–H and O–H groups in total. The number of thiazole rings is 1. The second-order valence-corrected chi connectivity index (χ2v) is 12.0. The van der Waals surface area contributed by atoms with Gasteiger partial charge < -0.3 is 4.90 Å². The Morgan fingerprint density at radius 3 is 2.19 bits per heavy atom. The summed E-state index contributed by atoms with van der Waals surface area (Å²) < 4.78 is 28.6. The van der Waals surface area contributed by atoms with E-state index in [1.54, 1.807) is 23.1 Å². The predicted octanol–water partition coefficient (Wildman–Crippen LogP) is 5.78. The number of fused-ring (bicyclic) bond motifs is 1. The summed E-state index contributed by atoms with van der Waals surface area (Å²) >= 11 is 7.55. The average Bonchev–Trinajstić information content (AvgIpc) is 3.24. The summed E-state index contributed by atoms with van der Waals surface area (Å²) in [6.07, 6.45) is 2.25. The van der Waals surface area contributed by atoms with Gasteiger partial charge >= 0.3 is 0 Å². The van der Waals surface area contributed by atoms with E-state index in [0.717, 1.165) is 36.0 Å². The fraction of sp³-hybridized carbons (Fsp3) is 0.440. The van der Waals surface area contributed by atoms with E-state index in [1.165, 1.54) is 27.8 Å². The quantitative estimate of drug-likeness (QED) is 0.275. The van der Waals surface area contributed by atoms with Gasteiger partial charge in [-0.05, 0) is 82.4 Å². The summed E-state index contributed by atoms with van der Waals surface area (Å²) in [4.78, 5) is 22.2. The van der Waals surface area contributed by atoms with Crippen LogP contribution < -0.4 is 4.90 Å². The van der Waals surface area contributed by atoms with Gasteiger partial charge in [-0.1, -0.05) is 36.8 Å². The number of carbonyl (C=O) groups excluding carboxylic acids is 1. The first-order valence-electron chi connectivity index (χ1n) is 11.8. The molecule has 0 atom stereocenters. The monoisotopic (exact) mass is 572 g/mol. The molecule has 0 bridgehead atoms. The Morgan fingerprint density at radius 1 is 0.972 bits per heavy atom. The fourth-order valence-corrected chi connectivity index (χ4v) is 6.65. The van der Waals surface area contributed by atoms with Crippen LogP contribution in [0.4, 0.5) is 5.13 Å². The summed E-state index contributed by atoms with van der Waals surface area (Å²) in [5, 5.41) is 1.22. The van der Waals surface area contributed by atoms with E-state index in [4.69, 9.17) is 11.6 Å². The lowest BCUT2D eigenvalue weighted by Crippen LogP contribution is -2.34. The van der Waals surface area contributed by atoms with Crippen LogP contribution in [0.5, 0.6) is 0 Å². The third-order valence-corrected chi connectivity index (χ3v) is 8.68. The highest BCUT2D eigenvalue weighted by molar-refractivity contribution is 7.89. The van der Waals surface area contributed by atoms with Crippen molar-refractivity contribution in [3.8, 4) is 0 Å². The average molecular weight is 574 g/mol. The molecule has 198 valence electrons. The Morgan fingerprint density at radius 2 is 1.61 bits per heavy atom. The molecule has 0 saturated carbocycles. The zero-order valence-corrected chi connectivity index (χ0v) is 24.3. The second kappa shape index (κ2) is 13.7. The molecule has 0 aliphatic heterocycles. The van der Waals surface area contributed by atoms with E-state index in [9.17, 15) is 13.2 Å². The van der Waals surface area contributed by atoms with Crippen molar-refractivity contribution in [3.63, 3.8) is 0 Å². The summed E-state index contributed by atoms with van der Waals surface area (Å²) in [6.45, 7) is 6.17. The number of anilines is 1. The maximum Gasteiger partial charge on any atom is 0.260 e. The Labute approximate surface area is 229 Å². The van der Waals surface area contributed by atoms with Crippen LogP contribution >= 0.6 is 35.3 Å². The molecule has 0 saturated heterocycles. The maximum absolute atomic E-state index is 13.6. The van der Waals surface area contributed by atoms with Crippen LogP contribution in [0, 0.1) is 0 Å². The van der Waals surface area contributed by atoms with Crippen molar-refractivity contribution in [2.24, 2.45) is 0 Å². The topological polar surface area (TPSA) is 73.8 Å². The first-order valence-corrected chi connectivity index (χ1v) is 14.4. The molecular weight excluding hydrogens is 539 g/mol. The molecule has 2 aromatic carbocycles. The fourth-order valence-electron chi connectivity index (χ4n) is 3.76. The first-order chi connectivity index (χ1) is 16.7. The number of carbonyl (C=O) groups is 1. The Kier molecular flexibility index (Phi) is 11.6. The summed E-state index contributed by atoms with van der Waals surface area (Å²) in [5.41, 5.74) is 1.21. The van der Waals surface area contributed by atoms with Gasteiger partial charge in [-0.25, -0.2) is 13.4 Å². The van der Waals surface area contributed by atoms with E-state index in [0.29, 0.717) is 35.4 Å². The van der Waals surface area contributed by atoms with Gasteiger partial charge in [0.25, 0.3) is 5.91 Å². The number of aromatic nitrogens is 1. The van der Waals surface area contributed by atoms with Crippen molar-refractivity contribution in [2.75, 3.05) is 45.2 Å². The van der Waals surface area contributed by atoms with Gasteiger partial charge in [0, 0.05) is 30.2 Å². The highest BCUT2D eigenvalue weighted by atomic mass is 35.5.